The van der Waals surface area contributed by atoms with Gasteiger partial charge in [-0.2, -0.15) is 0 Å². The quantitative estimate of drug-likeness (QED) is 0.339. The fourth-order valence-corrected chi connectivity index (χ4v) is 4.00. The number of hydrogen-bond donors (Lipinski definition) is 2. The third kappa shape index (κ3) is 6.04. The van der Waals surface area contributed by atoms with Crippen LogP contribution in [0.4, 0.5) is 11.4 Å². The van der Waals surface area contributed by atoms with Gasteiger partial charge in [0, 0.05) is 30.7 Å². The maximum absolute atomic E-state index is 12.9. The van der Waals surface area contributed by atoms with Gasteiger partial charge in [0.25, 0.3) is 5.91 Å². The molecule has 0 fully saturated rings. The summed E-state index contributed by atoms with van der Waals surface area (Å²) in [5.41, 5.74) is 2.25. The van der Waals surface area contributed by atoms with Crippen LogP contribution in [0.25, 0.3) is 11.4 Å². The SMILES string of the molecule is CCOc1ccc(NC(=O)c2ccccc2NC(=O)CSc2nnc(-c3cccnc3)n2C)cc1. The Morgan fingerprint density at radius 1 is 1.00 bits per heavy atom. The number of pyridine rings is 1. The average Bonchev–Trinajstić information content (AvgIpc) is 3.25. The second kappa shape index (κ2) is 11.3. The Morgan fingerprint density at radius 3 is 2.54 bits per heavy atom. The molecule has 0 unspecified atom stereocenters. The van der Waals surface area contributed by atoms with Crippen LogP contribution in [0.1, 0.15) is 17.3 Å². The number of nitrogens with zero attached hydrogens (tertiary/aromatic N) is 4. The van der Waals surface area contributed by atoms with Crippen LogP contribution in [-0.4, -0.2) is 43.9 Å². The zero-order valence-electron chi connectivity index (χ0n) is 19.3. The maximum atomic E-state index is 12.9. The van der Waals surface area contributed by atoms with E-state index in [0.717, 1.165) is 11.3 Å². The summed E-state index contributed by atoms with van der Waals surface area (Å²) in [6.45, 7) is 2.48. The molecule has 0 radical (unpaired) electrons. The first-order valence-corrected chi connectivity index (χ1v) is 11.9. The molecule has 4 rings (SSSR count). The predicted octanol–water partition coefficient (Wildman–Crippen LogP) is 4.26. The highest BCUT2D eigenvalue weighted by Gasteiger charge is 2.16. The lowest BCUT2D eigenvalue weighted by molar-refractivity contribution is -0.113. The van der Waals surface area contributed by atoms with Crippen molar-refractivity contribution in [1.29, 1.82) is 0 Å². The normalized spacial score (nSPS) is 10.6. The average molecular weight is 489 g/mol. The molecule has 4 aromatic rings. The van der Waals surface area contributed by atoms with Gasteiger partial charge in [-0.25, -0.2) is 0 Å². The van der Waals surface area contributed by atoms with Gasteiger partial charge in [-0.1, -0.05) is 23.9 Å². The van der Waals surface area contributed by atoms with Crippen LogP contribution in [0.15, 0.2) is 78.2 Å². The summed E-state index contributed by atoms with van der Waals surface area (Å²) in [6, 6.07) is 17.7. The molecule has 0 bridgehead atoms. The molecular weight excluding hydrogens is 464 g/mol. The molecule has 0 saturated heterocycles. The van der Waals surface area contributed by atoms with Crippen molar-refractivity contribution in [2.75, 3.05) is 23.0 Å². The van der Waals surface area contributed by atoms with E-state index in [1.165, 1.54) is 11.8 Å². The van der Waals surface area contributed by atoms with Gasteiger partial charge >= 0.3 is 0 Å². The molecule has 9 nitrogen and oxygen atoms in total. The Hall–Kier alpha value is -4.18. The number of aromatic nitrogens is 4. The van der Waals surface area contributed by atoms with Crippen LogP contribution in [-0.2, 0) is 11.8 Å². The number of para-hydroxylation sites is 1. The fourth-order valence-electron chi connectivity index (χ4n) is 3.29. The first-order valence-electron chi connectivity index (χ1n) is 10.9. The van der Waals surface area contributed by atoms with Crippen LogP contribution in [0.3, 0.4) is 0 Å². The summed E-state index contributed by atoms with van der Waals surface area (Å²) >= 11 is 1.26. The van der Waals surface area contributed by atoms with E-state index in [9.17, 15) is 9.59 Å². The Kier molecular flexibility index (Phi) is 7.74. The summed E-state index contributed by atoms with van der Waals surface area (Å²) in [4.78, 5) is 29.6. The maximum Gasteiger partial charge on any atom is 0.257 e. The smallest absolute Gasteiger partial charge is 0.257 e. The van der Waals surface area contributed by atoms with Gasteiger partial charge in [-0.15, -0.1) is 10.2 Å². The third-order valence-corrected chi connectivity index (χ3v) is 5.98. The van der Waals surface area contributed by atoms with Gasteiger partial charge in [0.05, 0.1) is 23.6 Å². The number of benzene rings is 2. The van der Waals surface area contributed by atoms with E-state index in [-0.39, 0.29) is 17.6 Å². The van der Waals surface area contributed by atoms with E-state index in [0.29, 0.717) is 34.5 Å². The first kappa shape index (κ1) is 24.0. The van der Waals surface area contributed by atoms with Crippen molar-refractivity contribution in [2.45, 2.75) is 12.1 Å². The second-order valence-electron chi connectivity index (χ2n) is 7.40. The van der Waals surface area contributed by atoms with Crippen LogP contribution in [0, 0.1) is 0 Å². The standard InChI is InChI=1S/C25H24N6O3S/c1-3-34-19-12-10-18(11-13-19)27-24(33)20-8-4-5-9-21(20)28-22(32)16-35-25-30-29-23(31(25)2)17-7-6-14-26-15-17/h4-15H,3,16H2,1-2H3,(H,27,33)(H,28,32). The highest BCUT2D eigenvalue weighted by molar-refractivity contribution is 7.99. The number of carbonyl (C=O) groups excluding carboxylic acids is 2. The molecule has 2 aromatic heterocycles. The lowest BCUT2D eigenvalue weighted by atomic mass is 10.1. The largest absolute Gasteiger partial charge is 0.494 e. The van der Waals surface area contributed by atoms with E-state index < -0.39 is 0 Å². The Balaban J connectivity index is 1.38. The molecule has 2 amide bonds. The molecular formula is C25H24N6O3S. The number of amides is 2. The minimum absolute atomic E-state index is 0.105. The van der Waals surface area contributed by atoms with Crippen LogP contribution >= 0.6 is 11.8 Å². The number of hydrogen-bond acceptors (Lipinski definition) is 7. The lowest BCUT2D eigenvalue weighted by Gasteiger charge is -2.12. The zero-order chi connectivity index (χ0) is 24.6. The number of rotatable bonds is 9. The van der Waals surface area contributed by atoms with E-state index in [4.69, 9.17) is 4.74 Å². The van der Waals surface area contributed by atoms with Crippen molar-refractivity contribution < 1.29 is 14.3 Å². The Morgan fingerprint density at radius 2 is 1.80 bits per heavy atom. The van der Waals surface area contributed by atoms with Crippen molar-refractivity contribution in [1.82, 2.24) is 19.7 Å². The van der Waals surface area contributed by atoms with Crippen molar-refractivity contribution in [3.05, 3.63) is 78.6 Å². The Bertz CT molecular complexity index is 1310. The molecule has 2 N–H and O–H groups in total. The number of nitrogens with one attached hydrogen (secondary N) is 2. The molecule has 0 saturated carbocycles. The first-order chi connectivity index (χ1) is 17.0. The van der Waals surface area contributed by atoms with Crippen LogP contribution < -0.4 is 15.4 Å². The topological polar surface area (TPSA) is 111 Å². The minimum atomic E-state index is -0.327. The van der Waals surface area contributed by atoms with Gasteiger partial charge in [-0.3, -0.25) is 14.6 Å². The number of anilines is 2. The molecule has 0 spiro atoms. The van der Waals surface area contributed by atoms with E-state index in [1.54, 1.807) is 60.9 Å². The summed E-state index contributed by atoms with van der Waals surface area (Å²) in [6.07, 6.45) is 3.40. The van der Waals surface area contributed by atoms with Crippen molar-refractivity contribution in [3.63, 3.8) is 0 Å². The lowest BCUT2D eigenvalue weighted by Crippen LogP contribution is -2.19. The van der Waals surface area contributed by atoms with E-state index in [2.05, 4.69) is 25.8 Å². The molecule has 2 aromatic carbocycles. The summed E-state index contributed by atoms with van der Waals surface area (Å²) in [7, 11) is 1.84. The van der Waals surface area contributed by atoms with Crippen LogP contribution in [0.5, 0.6) is 5.75 Å². The number of ether oxygens (including phenoxy) is 1. The Labute approximate surface area is 206 Å². The summed E-state index contributed by atoms with van der Waals surface area (Å²) < 4.78 is 7.24. The third-order valence-electron chi connectivity index (χ3n) is 4.96. The highest BCUT2D eigenvalue weighted by Crippen LogP contribution is 2.23. The van der Waals surface area contributed by atoms with Crippen molar-refractivity contribution in [3.8, 4) is 17.1 Å². The van der Waals surface area contributed by atoms with E-state index >= 15 is 0 Å². The molecule has 0 aliphatic rings. The van der Waals surface area contributed by atoms with Gasteiger partial charge in [0.15, 0.2) is 11.0 Å². The van der Waals surface area contributed by atoms with Crippen molar-refractivity contribution in [2.24, 2.45) is 7.05 Å². The van der Waals surface area contributed by atoms with Crippen LogP contribution in [0.2, 0.25) is 0 Å². The molecule has 178 valence electrons. The molecule has 10 heteroatoms. The molecule has 0 atom stereocenters. The molecule has 35 heavy (non-hydrogen) atoms. The second-order valence-corrected chi connectivity index (χ2v) is 8.34. The molecule has 0 aliphatic carbocycles. The van der Waals surface area contributed by atoms with E-state index in [1.807, 2.05) is 30.7 Å². The molecule has 2 heterocycles. The van der Waals surface area contributed by atoms with Gasteiger partial charge in [0.2, 0.25) is 5.91 Å². The summed E-state index contributed by atoms with van der Waals surface area (Å²) in [5.74, 6) is 0.909. The summed E-state index contributed by atoms with van der Waals surface area (Å²) in [5, 5.41) is 14.6. The minimum Gasteiger partial charge on any atom is -0.494 e. The number of thioether (sulfide) groups is 1. The van der Waals surface area contributed by atoms with Gasteiger partial charge in [-0.05, 0) is 55.5 Å². The van der Waals surface area contributed by atoms with Gasteiger partial charge in [0.1, 0.15) is 5.75 Å². The zero-order valence-corrected chi connectivity index (χ0v) is 20.1. The predicted molar refractivity (Wildman–Crippen MR) is 136 cm³/mol. The fraction of sp³-hybridized carbons (Fsp3) is 0.160. The number of carbonyl (C=O) groups is 2. The highest BCUT2D eigenvalue weighted by atomic mass is 32.2. The monoisotopic (exact) mass is 488 g/mol. The van der Waals surface area contributed by atoms with Crippen molar-refractivity contribution >= 4 is 35.0 Å². The van der Waals surface area contributed by atoms with Gasteiger partial charge < -0.3 is 19.9 Å². The molecule has 0 aliphatic heterocycles.